The molecule has 0 aliphatic heterocycles. The van der Waals surface area contributed by atoms with Gasteiger partial charge in [-0.15, -0.1) is 0 Å². The highest BCUT2D eigenvalue weighted by molar-refractivity contribution is 5.84. The van der Waals surface area contributed by atoms with Crippen LogP contribution in [0.4, 0.5) is 0 Å². The lowest BCUT2D eigenvalue weighted by Crippen LogP contribution is -2.36. The summed E-state index contributed by atoms with van der Waals surface area (Å²) in [7, 11) is 0. The van der Waals surface area contributed by atoms with E-state index in [4.69, 9.17) is 9.84 Å². The maximum Gasteiger partial charge on any atom is 0.307 e. The van der Waals surface area contributed by atoms with Crippen LogP contribution in [0.5, 0.6) is 0 Å². The molecule has 2 N–H and O–H groups in total. The minimum Gasteiger partial charge on any atom is -0.481 e. The first-order valence-corrected chi connectivity index (χ1v) is 6.60. The van der Waals surface area contributed by atoms with E-state index in [1.165, 1.54) is 12.8 Å². The summed E-state index contributed by atoms with van der Waals surface area (Å²) < 4.78 is 5.44. The number of hydrogen-bond acceptors (Lipinski definition) is 3. The van der Waals surface area contributed by atoms with Crippen molar-refractivity contribution >= 4 is 11.9 Å². The van der Waals surface area contributed by atoms with Crippen LogP contribution < -0.4 is 5.32 Å². The average molecular weight is 257 g/mol. The lowest BCUT2D eigenvalue weighted by atomic mass is 9.95. The molecule has 1 amide bonds. The summed E-state index contributed by atoms with van der Waals surface area (Å²) in [5.41, 5.74) is 0. The van der Waals surface area contributed by atoms with Gasteiger partial charge in [0.15, 0.2) is 0 Å². The van der Waals surface area contributed by atoms with Gasteiger partial charge < -0.3 is 15.2 Å². The summed E-state index contributed by atoms with van der Waals surface area (Å²) in [4.78, 5) is 22.4. The first kappa shape index (κ1) is 15.0. The summed E-state index contributed by atoms with van der Waals surface area (Å²) >= 11 is 0. The summed E-state index contributed by atoms with van der Waals surface area (Å²) in [5, 5.41) is 11.5. The summed E-state index contributed by atoms with van der Waals surface area (Å²) in [5.74, 6) is -1.54. The molecule has 0 bridgehead atoms. The Kier molecular flexibility index (Phi) is 6.12. The molecule has 0 radical (unpaired) electrons. The third-order valence-corrected chi connectivity index (χ3v) is 3.37. The van der Waals surface area contributed by atoms with Gasteiger partial charge in [-0.2, -0.15) is 0 Å². The Morgan fingerprint density at radius 1 is 1.33 bits per heavy atom. The highest BCUT2D eigenvalue weighted by Crippen LogP contribution is 2.28. The smallest absolute Gasteiger partial charge is 0.307 e. The van der Waals surface area contributed by atoms with Crippen LogP contribution in [0.1, 0.15) is 33.1 Å². The normalized spacial score (nSPS) is 18.1. The zero-order chi connectivity index (χ0) is 13.5. The van der Waals surface area contributed by atoms with Crippen LogP contribution in [0.15, 0.2) is 0 Å². The van der Waals surface area contributed by atoms with Gasteiger partial charge in [-0.1, -0.05) is 13.8 Å². The first-order valence-electron chi connectivity index (χ1n) is 6.60. The summed E-state index contributed by atoms with van der Waals surface area (Å²) in [6.45, 7) is 5.21. The second kappa shape index (κ2) is 7.36. The Bertz CT molecular complexity index is 289. The van der Waals surface area contributed by atoms with Gasteiger partial charge in [-0.3, -0.25) is 9.59 Å². The second-order valence-corrected chi connectivity index (χ2v) is 5.08. The molecule has 1 fully saturated rings. The zero-order valence-corrected chi connectivity index (χ0v) is 11.1. The highest BCUT2D eigenvalue weighted by Gasteiger charge is 2.25. The van der Waals surface area contributed by atoms with E-state index < -0.39 is 17.8 Å². The molecule has 1 saturated carbocycles. The molecule has 5 nitrogen and oxygen atoms in total. The van der Waals surface area contributed by atoms with Gasteiger partial charge >= 0.3 is 5.97 Å². The molecule has 2 atom stereocenters. The fourth-order valence-electron chi connectivity index (χ4n) is 1.52. The lowest BCUT2D eigenvalue weighted by molar-refractivity contribution is -0.146. The van der Waals surface area contributed by atoms with E-state index in [1.54, 1.807) is 13.8 Å². The molecule has 0 aromatic heterocycles. The maximum atomic E-state index is 11.6. The van der Waals surface area contributed by atoms with Crippen LogP contribution >= 0.6 is 0 Å². The molecule has 5 heteroatoms. The van der Waals surface area contributed by atoms with Crippen LogP contribution in [0.25, 0.3) is 0 Å². The molecule has 1 aliphatic rings. The van der Waals surface area contributed by atoms with Crippen LogP contribution in [0.2, 0.25) is 0 Å². The third-order valence-electron chi connectivity index (χ3n) is 3.37. The van der Waals surface area contributed by atoms with E-state index in [1.807, 2.05) is 0 Å². The van der Waals surface area contributed by atoms with Gasteiger partial charge in [-0.25, -0.2) is 0 Å². The number of carboxylic acid groups (broad SMARTS) is 1. The lowest BCUT2D eigenvalue weighted by Gasteiger charge is -2.15. The van der Waals surface area contributed by atoms with Gasteiger partial charge in [0.05, 0.1) is 5.92 Å². The molecule has 1 aliphatic carbocycles. The van der Waals surface area contributed by atoms with Gasteiger partial charge in [0.1, 0.15) is 0 Å². The molecule has 104 valence electrons. The third kappa shape index (κ3) is 5.49. The molecule has 0 aromatic rings. The Morgan fingerprint density at radius 2 is 2.00 bits per heavy atom. The van der Waals surface area contributed by atoms with Gasteiger partial charge in [0.25, 0.3) is 0 Å². The largest absolute Gasteiger partial charge is 0.481 e. The molecular formula is C13H23NO4. The van der Waals surface area contributed by atoms with Crippen molar-refractivity contribution in [3.05, 3.63) is 0 Å². The Balaban J connectivity index is 2.02. The van der Waals surface area contributed by atoms with Crippen LogP contribution in [-0.4, -0.2) is 36.7 Å². The molecule has 0 aromatic carbocycles. The van der Waals surface area contributed by atoms with E-state index >= 15 is 0 Å². The number of aliphatic carboxylic acids is 1. The van der Waals surface area contributed by atoms with Crippen molar-refractivity contribution in [2.45, 2.75) is 33.1 Å². The minimum atomic E-state index is -0.939. The molecule has 0 heterocycles. The van der Waals surface area contributed by atoms with Gasteiger partial charge in [0.2, 0.25) is 5.91 Å². The average Bonchev–Trinajstić information content (AvgIpc) is 3.15. The number of carbonyl (C=O) groups is 2. The van der Waals surface area contributed by atoms with Crippen molar-refractivity contribution < 1.29 is 19.4 Å². The maximum absolute atomic E-state index is 11.6. The topological polar surface area (TPSA) is 75.6 Å². The minimum absolute atomic E-state index is 0.202. The number of rotatable bonds is 9. The van der Waals surface area contributed by atoms with E-state index in [-0.39, 0.29) is 5.91 Å². The monoisotopic (exact) mass is 257 g/mol. The molecule has 1 rings (SSSR count). The fourth-order valence-corrected chi connectivity index (χ4v) is 1.52. The number of carbonyl (C=O) groups excluding carboxylic acids is 1. The first-order chi connectivity index (χ1) is 8.52. The number of amides is 1. The Hall–Kier alpha value is -1.10. The molecule has 0 spiro atoms. The Labute approximate surface area is 108 Å². The summed E-state index contributed by atoms with van der Waals surface area (Å²) in [6.07, 6.45) is 3.33. The number of carboxylic acids is 1. The zero-order valence-electron chi connectivity index (χ0n) is 11.1. The van der Waals surface area contributed by atoms with Crippen LogP contribution in [0, 0.1) is 17.8 Å². The molecule has 0 saturated heterocycles. The van der Waals surface area contributed by atoms with E-state index in [2.05, 4.69) is 5.32 Å². The standard InChI is InChI=1S/C13H23NO4/c1-9(10(2)13(16)17)12(15)14-6-3-7-18-8-11-4-5-11/h9-11H,3-8H2,1-2H3,(H,14,15)(H,16,17). The number of hydrogen-bond donors (Lipinski definition) is 2. The quantitative estimate of drug-likeness (QED) is 0.610. The predicted octanol–water partition coefficient (Wildman–Crippen LogP) is 1.28. The van der Waals surface area contributed by atoms with Crippen molar-refractivity contribution in [1.82, 2.24) is 5.32 Å². The number of nitrogens with one attached hydrogen (secondary N) is 1. The van der Waals surface area contributed by atoms with Crippen molar-refractivity contribution in [3.8, 4) is 0 Å². The SMILES string of the molecule is CC(C(=O)O)C(C)C(=O)NCCCOCC1CC1. The van der Waals surface area contributed by atoms with Crippen LogP contribution in [-0.2, 0) is 14.3 Å². The van der Waals surface area contributed by atoms with Crippen LogP contribution in [0.3, 0.4) is 0 Å². The Morgan fingerprint density at radius 3 is 2.56 bits per heavy atom. The summed E-state index contributed by atoms with van der Waals surface area (Å²) in [6, 6.07) is 0. The molecule has 18 heavy (non-hydrogen) atoms. The van der Waals surface area contributed by atoms with Crippen molar-refractivity contribution in [1.29, 1.82) is 0 Å². The molecule has 2 unspecified atom stereocenters. The van der Waals surface area contributed by atoms with E-state index in [0.717, 1.165) is 18.9 Å². The van der Waals surface area contributed by atoms with E-state index in [0.29, 0.717) is 13.2 Å². The predicted molar refractivity (Wildman–Crippen MR) is 67.1 cm³/mol. The van der Waals surface area contributed by atoms with Crippen molar-refractivity contribution in [2.75, 3.05) is 19.8 Å². The molecular weight excluding hydrogens is 234 g/mol. The van der Waals surface area contributed by atoms with Gasteiger partial charge in [-0.05, 0) is 25.2 Å². The number of ether oxygens (including phenoxy) is 1. The van der Waals surface area contributed by atoms with Gasteiger partial charge in [0, 0.05) is 25.7 Å². The van der Waals surface area contributed by atoms with Crippen molar-refractivity contribution in [2.24, 2.45) is 17.8 Å². The van der Waals surface area contributed by atoms with Crippen molar-refractivity contribution in [3.63, 3.8) is 0 Å². The fraction of sp³-hybridized carbons (Fsp3) is 0.846. The van der Waals surface area contributed by atoms with E-state index in [9.17, 15) is 9.59 Å². The second-order valence-electron chi connectivity index (χ2n) is 5.08. The highest BCUT2D eigenvalue weighted by atomic mass is 16.5.